The molecule has 0 saturated heterocycles. The average Bonchev–Trinajstić information content (AvgIpc) is 1.61. The van der Waals surface area contributed by atoms with E-state index < -0.39 is 24.4 Å². The highest BCUT2D eigenvalue weighted by Gasteiger charge is 2.00. The summed E-state index contributed by atoms with van der Waals surface area (Å²) in [4.78, 5) is 0. The number of halogens is 2. The quantitative estimate of drug-likeness (QED) is 0.527. The Morgan fingerprint density at radius 1 is 1.75 bits per heavy atom. The van der Waals surface area contributed by atoms with E-state index in [-0.39, 0.29) is 0 Å². The topological polar surface area (TPSA) is 49.4 Å². The molecule has 1 unspecified atom stereocenters. The molecule has 1 atom stereocenters. The number of alkyl halides is 2. The van der Waals surface area contributed by atoms with Crippen molar-refractivity contribution in [3.63, 3.8) is 0 Å². The van der Waals surface area contributed by atoms with Crippen molar-refractivity contribution in [2.75, 3.05) is 6.61 Å². The van der Waals surface area contributed by atoms with E-state index in [1.54, 1.807) is 0 Å². The predicted molar refractivity (Wildman–Crippen MR) is 20.9 cm³/mol. The van der Waals surface area contributed by atoms with Crippen LogP contribution in [0.15, 0.2) is 0 Å². The van der Waals surface area contributed by atoms with Crippen LogP contribution in [0.2, 0.25) is 0 Å². The van der Waals surface area contributed by atoms with Crippen LogP contribution in [0.1, 0.15) is 0 Å². The fourth-order valence-corrected chi connectivity index (χ4v) is 0.321. The Morgan fingerprint density at radius 3 is 2.38 bits per heavy atom. The van der Waals surface area contributed by atoms with Crippen LogP contribution in [-0.2, 0) is 15.5 Å². The lowest BCUT2D eigenvalue weighted by Gasteiger charge is -2.02. The van der Waals surface area contributed by atoms with Crippen LogP contribution >= 0.6 is 0 Å². The van der Waals surface area contributed by atoms with Crippen LogP contribution in [-0.4, -0.2) is 21.8 Å². The predicted octanol–water partition coefficient (Wildman–Crippen LogP) is 0.0622. The zero-order valence-electron chi connectivity index (χ0n) is 3.67. The molecule has 0 rings (SSSR count). The highest BCUT2D eigenvalue weighted by molar-refractivity contribution is 7.74. The first-order chi connectivity index (χ1) is 3.63. The van der Waals surface area contributed by atoms with Gasteiger partial charge in [0.15, 0.2) is 0 Å². The fourth-order valence-electron chi connectivity index (χ4n) is 0.107. The zero-order valence-corrected chi connectivity index (χ0v) is 4.49. The van der Waals surface area contributed by atoms with E-state index in [0.717, 1.165) is 0 Å². The van der Waals surface area contributed by atoms with Crippen molar-refractivity contribution in [2.45, 2.75) is 6.43 Å². The maximum atomic E-state index is 11.0. The van der Waals surface area contributed by atoms with E-state index in [9.17, 15) is 17.5 Å². The Labute approximate surface area is 47.1 Å². The van der Waals surface area contributed by atoms with Crippen LogP contribution in [0.5, 0.6) is 0 Å². The lowest BCUT2D eigenvalue weighted by atomic mass is 10.8. The summed E-state index contributed by atoms with van der Waals surface area (Å²) in [7, 11) is 0. The highest BCUT2D eigenvalue weighted by atomic mass is 32.2. The average molecular weight is 145 g/mol. The van der Waals surface area contributed by atoms with E-state index >= 15 is 0 Å². The molecule has 0 aliphatic heterocycles. The van der Waals surface area contributed by atoms with E-state index in [1.165, 1.54) is 0 Å². The molecular weight excluding hydrogens is 142 g/mol. The number of hydrogen-bond acceptors (Lipinski definition) is 3. The first kappa shape index (κ1) is 7.93. The van der Waals surface area contributed by atoms with Gasteiger partial charge < -0.3 is 4.55 Å². The molecule has 0 saturated carbocycles. The Hall–Kier alpha value is -0.0700. The van der Waals surface area contributed by atoms with Crippen LogP contribution in [0.4, 0.5) is 8.78 Å². The van der Waals surface area contributed by atoms with Gasteiger partial charge in [-0.25, -0.2) is 13.0 Å². The smallest absolute Gasteiger partial charge is 0.262 e. The third-order valence-corrected chi connectivity index (χ3v) is 0.619. The standard InChI is InChI=1S/C2H4F2O3S/c3-2(4)1-7-8(5)6/h2H,1H2,(H,5,6)/p-1. The summed E-state index contributed by atoms with van der Waals surface area (Å²) in [5, 5.41) is 0. The van der Waals surface area contributed by atoms with Gasteiger partial charge in [-0.15, -0.1) is 0 Å². The van der Waals surface area contributed by atoms with Gasteiger partial charge in [-0.1, -0.05) is 0 Å². The minimum absolute atomic E-state index is 1.06. The largest absolute Gasteiger partial charge is 0.750 e. The van der Waals surface area contributed by atoms with Crippen molar-refractivity contribution in [1.82, 2.24) is 0 Å². The molecule has 6 heteroatoms. The maximum absolute atomic E-state index is 11.0. The Morgan fingerprint density at radius 2 is 2.25 bits per heavy atom. The molecule has 0 aliphatic rings. The first-order valence-corrected chi connectivity index (χ1v) is 2.63. The SMILES string of the molecule is O=S([O-])OCC(F)F. The monoisotopic (exact) mass is 145 g/mol. The Balaban J connectivity index is 3.05. The molecule has 0 radical (unpaired) electrons. The minimum atomic E-state index is -2.82. The van der Waals surface area contributed by atoms with Crippen molar-refractivity contribution in [3.8, 4) is 0 Å². The molecule has 0 bridgehead atoms. The molecule has 0 aromatic heterocycles. The highest BCUT2D eigenvalue weighted by Crippen LogP contribution is 1.92. The molecule has 0 heterocycles. The molecular formula is C2H3F2O3S-. The van der Waals surface area contributed by atoms with Gasteiger partial charge >= 0.3 is 0 Å². The molecule has 0 aliphatic carbocycles. The molecule has 8 heavy (non-hydrogen) atoms. The van der Waals surface area contributed by atoms with Crippen molar-refractivity contribution in [3.05, 3.63) is 0 Å². The van der Waals surface area contributed by atoms with Gasteiger partial charge in [0.1, 0.15) is 6.61 Å². The lowest BCUT2D eigenvalue weighted by Crippen LogP contribution is -2.05. The molecule has 0 spiro atoms. The summed E-state index contributed by atoms with van der Waals surface area (Å²) in [6, 6.07) is 0. The van der Waals surface area contributed by atoms with Crippen LogP contribution in [0.25, 0.3) is 0 Å². The second-order valence-corrected chi connectivity index (χ2v) is 1.52. The normalized spacial score (nSPS) is 14.5. The molecule has 50 valence electrons. The molecule has 0 fully saturated rings. The van der Waals surface area contributed by atoms with Crippen molar-refractivity contribution in [1.29, 1.82) is 0 Å². The Kier molecular flexibility index (Phi) is 3.84. The summed E-state index contributed by atoms with van der Waals surface area (Å²) < 4.78 is 44.2. The van der Waals surface area contributed by atoms with Crippen molar-refractivity contribution in [2.24, 2.45) is 0 Å². The molecule has 3 nitrogen and oxygen atoms in total. The van der Waals surface area contributed by atoms with Crippen LogP contribution in [0, 0.1) is 0 Å². The van der Waals surface area contributed by atoms with Crippen LogP contribution in [0.3, 0.4) is 0 Å². The molecule has 0 amide bonds. The third kappa shape index (κ3) is 5.93. The summed E-state index contributed by atoms with van der Waals surface area (Å²) >= 11 is -2.82. The van der Waals surface area contributed by atoms with Gasteiger partial charge in [-0.2, -0.15) is 0 Å². The summed E-state index contributed by atoms with van der Waals surface area (Å²) in [6.07, 6.45) is -2.73. The summed E-state index contributed by atoms with van der Waals surface area (Å²) in [5.74, 6) is 0. The van der Waals surface area contributed by atoms with Gasteiger partial charge in [-0.05, 0) is 0 Å². The molecule has 0 aromatic carbocycles. The van der Waals surface area contributed by atoms with Gasteiger partial charge in [0.05, 0.1) is 11.4 Å². The maximum Gasteiger partial charge on any atom is 0.262 e. The fraction of sp³-hybridized carbons (Fsp3) is 1.00. The Bertz CT molecular complexity index is 85.4. The first-order valence-electron chi connectivity index (χ1n) is 1.63. The van der Waals surface area contributed by atoms with E-state index in [2.05, 4.69) is 4.18 Å². The minimum Gasteiger partial charge on any atom is -0.750 e. The van der Waals surface area contributed by atoms with Gasteiger partial charge in [0.2, 0.25) is 0 Å². The summed E-state index contributed by atoms with van der Waals surface area (Å²) in [6.45, 7) is -1.06. The van der Waals surface area contributed by atoms with Crippen LogP contribution < -0.4 is 0 Å². The van der Waals surface area contributed by atoms with Gasteiger partial charge in [0.25, 0.3) is 6.43 Å². The van der Waals surface area contributed by atoms with E-state index in [0.29, 0.717) is 0 Å². The summed E-state index contributed by atoms with van der Waals surface area (Å²) in [5.41, 5.74) is 0. The third-order valence-electron chi connectivity index (χ3n) is 0.290. The van der Waals surface area contributed by atoms with Gasteiger partial charge in [-0.3, -0.25) is 4.18 Å². The van der Waals surface area contributed by atoms with E-state index in [4.69, 9.17) is 0 Å². The van der Waals surface area contributed by atoms with Crippen molar-refractivity contribution >= 4 is 11.4 Å². The zero-order chi connectivity index (χ0) is 6.57. The second-order valence-electron chi connectivity index (χ2n) is 0.880. The molecule has 0 N–H and O–H groups in total. The second kappa shape index (κ2) is 3.88. The number of hydrogen-bond donors (Lipinski definition) is 0. The van der Waals surface area contributed by atoms with Gasteiger partial charge in [0, 0.05) is 0 Å². The molecule has 0 aromatic rings. The van der Waals surface area contributed by atoms with E-state index in [1.807, 2.05) is 0 Å². The van der Waals surface area contributed by atoms with Crippen molar-refractivity contribution < 1.29 is 21.7 Å². The number of rotatable bonds is 3. The lowest BCUT2D eigenvalue weighted by molar-refractivity contribution is 0.0832.